The minimum absolute atomic E-state index is 0.00839. The zero-order chi connectivity index (χ0) is 23.3. The number of rotatable bonds is 4. The van der Waals surface area contributed by atoms with Gasteiger partial charge in [0, 0.05) is 31.1 Å². The van der Waals surface area contributed by atoms with Gasteiger partial charge in [-0.25, -0.2) is 23.2 Å². The molecular weight excluding hydrogens is 459 g/mol. The SMILES string of the molecule is CC(C)(C)c1ccc(N2CN(Cl)C3=C2NN(N[C@@H]2CCN(S(C)(=O)=O)C[C@H]2F)N=C3)nc1. The van der Waals surface area contributed by atoms with Gasteiger partial charge in [0.15, 0.2) is 5.82 Å². The maximum atomic E-state index is 14.7. The van der Waals surface area contributed by atoms with Gasteiger partial charge in [-0.1, -0.05) is 26.8 Å². The van der Waals surface area contributed by atoms with Gasteiger partial charge < -0.3 is 0 Å². The number of hydrogen-bond acceptors (Lipinski definition) is 9. The monoisotopic (exact) mass is 486 g/mol. The molecule has 0 saturated carbocycles. The number of anilines is 1. The Balaban J connectivity index is 1.45. The van der Waals surface area contributed by atoms with Gasteiger partial charge in [0.2, 0.25) is 10.0 Å². The number of hydrazone groups is 1. The van der Waals surface area contributed by atoms with E-state index in [0.29, 0.717) is 30.4 Å². The van der Waals surface area contributed by atoms with E-state index in [-0.39, 0.29) is 18.5 Å². The van der Waals surface area contributed by atoms with Gasteiger partial charge in [-0.2, -0.15) is 9.73 Å². The highest BCUT2D eigenvalue weighted by atomic mass is 35.5. The molecule has 1 aromatic rings. The zero-order valence-electron chi connectivity index (χ0n) is 18.5. The number of allylic oxidation sites excluding steroid dienone is 1. The lowest BCUT2D eigenvalue weighted by atomic mass is 9.88. The predicted molar refractivity (Wildman–Crippen MR) is 121 cm³/mol. The maximum absolute atomic E-state index is 14.7. The molecule has 3 aliphatic heterocycles. The molecule has 4 heterocycles. The molecule has 2 N–H and O–H groups in total. The summed E-state index contributed by atoms with van der Waals surface area (Å²) in [5.74, 6) is 1.36. The Labute approximate surface area is 192 Å². The number of hydrogen-bond donors (Lipinski definition) is 2. The Bertz CT molecular complexity index is 1030. The van der Waals surface area contributed by atoms with Crippen LogP contribution in [0.5, 0.6) is 0 Å². The van der Waals surface area contributed by atoms with Gasteiger partial charge in [0.05, 0.1) is 18.5 Å². The lowest BCUT2D eigenvalue weighted by Crippen LogP contribution is -2.59. The molecule has 0 aromatic carbocycles. The van der Waals surface area contributed by atoms with Crippen LogP contribution in [0, 0.1) is 0 Å². The lowest BCUT2D eigenvalue weighted by molar-refractivity contribution is 0.0498. The Kier molecular flexibility index (Phi) is 5.99. The first-order valence-electron chi connectivity index (χ1n) is 10.3. The van der Waals surface area contributed by atoms with Crippen LogP contribution in [-0.4, -0.2) is 71.8 Å². The van der Waals surface area contributed by atoms with Crippen molar-refractivity contribution in [2.45, 2.75) is 44.8 Å². The molecule has 2 atom stereocenters. The van der Waals surface area contributed by atoms with Crippen LogP contribution in [0.1, 0.15) is 32.8 Å². The summed E-state index contributed by atoms with van der Waals surface area (Å²) in [6.07, 6.45) is 3.46. The molecule has 3 aliphatic rings. The van der Waals surface area contributed by atoms with Crippen LogP contribution in [0.3, 0.4) is 0 Å². The minimum Gasteiger partial charge on any atom is -0.290 e. The standard InChI is InChI=1S/C19H28ClFN8O2S/c1-19(2,3)13-5-6-17(22-9-13)27-12-28(20)16-10-23-29(25-18(16)27)24-15-7-8-26(11-14(15)21)32(4,30)31/h5-6,9-10,14-15,24-25H,7-8,11-12H2,1-4H3/t14-,15-/m1/s1. The quantitative estimate of drug-likeness (QED) is 0.618. The van der Waals surface area contributed by atoms with Crippen molar-refractivity contribution in [1.82, 2.24) is 29.8 Å². The second-order valence-electron chi connectivity index (χ2n) is 9.15. The van der Waals surface area contributed by atoms with E-state index in [4.69, 9.17) is 11.8 Å². The van der Waals surface area contributed by atoms with E-state index in [1.165, 1.54) is 9.65 Å². The van der Waals surface area contributed by atoms with Crippen LogP contribution >= 0.6 is 11.8 Å². The summed E-state index contributed by atoms with van der Waals surface area (Å²) in [4.78, 5) is 6.49. The average molecular weight is 487 g/mol. The average Bonchev–Trinajstić information content (AvgIpc) is 3.04. The Hall–Kier alpha value is -2.15. The summed E-state index contributed by atoms with van der Waals surface area (Å²) in [7, 11) is -3.42. The fraction of sp³-hybridized carbons (Fsp3) is 0.579. The topological polar surface area (TPSA) is 96.4 Å². The second kappa shape index (κ2) is 8.32. The summed E-state index contributed by atoms with van der Waals surface area (Å²) >= 11 is 6.37. The molecule has 13 heteroatoms. The van der Waals surface area contributed by atoms with Gasteiger partial charge in [0.1, 0.15) is 24.4 Å². The van der Waals surface area contributed by atoms with E-state index in [9.17, 15) is 12.8 Å². The normalized spacial score (nSPS) is 24.8. The van der Waals surface area contributed by atoms with Gasteiger partial charge in [0.25, 0.3) is 0 Å². The number of sulfonamides is 1. The lowest BCUT2D eigenvalue weighted by Gasteiger charge is -2.37. The third-order valence-electron chi connectivity index (χ3n) is 5.70. The Morgan fingerprint density at radius 1 is 1.31 bits per heavy atom. The molecule has 1 fully saturated rings. The van der Waals surface area contributed by atoms with Crippen LogP contribution < -0.4 is 15.8 Å². The van der Waals surface area contributed by atoms with E-state index in [2.05, 4.69) is 41.7 Å². The first-order valence-corrected chi connectivity index (χ1v) is 12.5. The summed E-state index contributed by atoms with van der Waals surface area (Å²) in [6, 6.07) is 3.38. The fourth-order valence-electron chi connectivity index (χ4n) is 3.73. The number of piperidine rings is 1. The van der Waals surface area contributed by atoms with Crippen LogP contribution in [-0.2, 0) is 15.4 Å². The summed E-state index contributed by atoms with van der Waals surface area (Å²) in [5.41, 5.74) is 7.88. The maximum Gasteiger partial charge on any atom is 0.211 e. The molecule has 1 aromatic heterocycles. The summed E-state index contributed by atoms with van der Waals surface area (Å²) in [6.45, 7) is 6.80. The molecule has 10 nitrogen and oxygen atoms in total. The largest absolute Gasteiger partial charge is 0.290 e. The molecule has 0 radical (unpaired) electrons. The minimum atomic E-state index is -3.42. The molecule has 0 aliphatic carbocycles. The summed E-state index contributed by atoms with van der Waals surface area (Å²) in [5, 5.41) is 5.58. The molecule has 0 amide bonds. The van der Waals surface area contributed by atoms with Gasteiger partial charge >= 0.3 is 0 Å². The van der Waals surface area contributed by atoms with E-state index in [1.807, 2.05) is 23.2 Å². The molecule has 0 spiro atoms. The zero-order valence-corrected chi connectivity index (χ0v) is 20.0. The van der Waals surface area contributed by atoms with Crippen molar-refractivity contribution in [1.29, 1.82) is 0 Å². The first kappa shape index (κ1) is 23.0. The van der Waals surface area contributed by atoms with Crippen molar-refractivity contribution in [3.8, 4) is 0 Å². The predicted octanol–water partition coefficient (Wildman–Crippen LogP) is 1.46. The number of halogens is 2. The van der Waals surface area contributed by atoms with Crippen molar-refractivity contribution in [2.75, 3.05) is 30.9 Å². The number of nitrogens with zero attached hydrogens (tertiary/aromatic N) is 6. The number of aromatic nitrogens is 1. The Morgan fingerprint density at radius 2 is 2.06 bits per heavy atom. The third kappa shape index (κ3) is 4.63. The van der Waals surface area contributed by atoms with Crippen LogP contribution in [0.25, 0.3) is 0 Å². The highest BCUT2D eigenvalue weighted by Gasteiger charge is 2.37. The third-order valence-corrected chi connectivity index (χ3v) is 7.26. The van der Waals surface area contributed by atoms with Crippen molar-refractivity contribution >= 4 is 33.8 Å². The van der Waals surface area contributed by atoms with E-state index >= 15 is 0 Å². The van der Waals surface area contributed by atoms with Crippen molar-refractivity contribution in [3.05, 3.63) is 35.4 Å². The van der Waals surface area contributed by atoms with Crippen LogP contribution in [0.4, 0.5) is 10.2 Å². The number of nitrogens with one attached hydrogen (secondary N) is 2. The van der Waals surface area contributed by atoms with Crippen LogP contribution in [0.2, 0.25) is 0 Å². The highest BCUT2D eigenvalue weighted by molar-refractivity contribution is 7.88. The number of pyridine rings is 1. The van der Waals surface area contributed by atoms with Crippen LogP contribution in [0.15, 0.2) is 34.9 Å². The Morgan fingerprint density at radius 3 is 2.66 bits per heavy atom. The fourth-order valence-corrected chi connectivity index (χ4v) is 4.81. The molecule has 1 saturated heterocycles. The molecule has 32 heavy (non-hydrogen) atoms. The van der Waals surface area contributed by atoms with E-state index < -0.39 is 22.2 Å². The number of alkyl halides is 1. The highest BCUT2D eigenvalue weighted by Crippen LogP contribution is 2.30. The molecule has 4 rings (SSSR count). The van der Waals surface area contributed by atoms with Gasteiger partial charge in [-0.3, -0.25) is 9.32 Å². The smallest absolute Gasteiger partial charge is 0.211 e. The summed E-state index contributed by atoms with van der Waals surface area (Å²) < 4.78 is 40.7. The molecular formula is C19H28ClFN8O2S. The van der Waals surface area contributed by atoms with Gasteiger partial charge in [-0.05, 0) is 23.5 Å². The first-order chi connectivity index (χ1) is 14.9. The second-order valence-corrected chi connectivity index (χ2v) is 11.5. The van der Waals surface area contributed by atoms with Crippen molar-refractivity contribution in [2.24, 2.45) is 5.10 Å². The number of hydrazine groups is 2. The van der Waals surface area contributed by atoms with E-state index in [0.717, 1.165) is 16.1 Å². The van der Waals surface area contributed by atoms with Crippen molar-refractivity contribution in [3.63, 3.8) is 0 Å². The van der Waals surface area contributed by atoms with Crippen molar-refractivity contribution < 1.29 is 12.8 Å². The van der Waals surface area contributed by atoms with E-state index in [1.54, 1.807) is 6.21 Å². The molecule has 0 unspecified atom stereocenters. The molecule has 0 bridgehead atoms. The van der Waals surface area contributed by atoms with Gasteiger partial charge in [-0.15, -0.1) is 10.3 Å². The molecule has 176 valence electrons.